The van der Waals surface area contributed by atoms with E-state index < -0.39 is 18.0 Å². The fraction of sp³-hybridized carbons (Fsp3) is 0.333. The molecule has 1 aromatic heterocycles. The van der Waals surface area contributed by atoms with E-state index >= 15 is 0 Å². The van der Waals surface area contributed by atoms with Crippen LogP contribution >= 0.6 is 11.3 Å². The van der Waals surface area contributed by atoms with Gasteiger partial charge in [-0.2, -0.15) is 0 Å². The van der Waals surface area contributed by atoms with E-state index in [4.69, 9.17) is 4.74 Å². The van der Waals surface area contributed by atoms with Crippen LogP contribution in [0.25, 0.3) is 0 Å². The summed E-state index contributed by atoms with van der Waals surface area (Å²) in [6.45, 7) is 6.54. The summed E-state index contributed by atoms with van der Waals surface area (Å²) in [6.07, 6.45) is 0. The van der Waals surface area contributed by atoms with E-state index in [1.807, 2.05) is 13.0 Å². The molecule has 0 spiro atoms. The topological polar surface area (TPSA) is 102 Å². The lowest BCUT2D eigenvalue weighted by atomic mass is 9.95. The van der Waals surface area contributed by atoms with E-state index in [1.165, 1.54) is 11.3 Å². The third kappa shape index (κ3) is 6.83. The summed E-state index contributed by atoms with van der Waals surface area (Å²) in [5.74, 6) is -1.58. The largest absolute Gasteiger partial charge is 0.456 e. The number of ketones is 1. The molecule has 0 aliphatic rings. The highest BCUT2D eigenvalue weighted by Gasteiger charge is 2.21. The van der Waals surface area contributed by atoms with Gasteiger partial charge in [0.05, 0.1) is 4.88 Å². The minimum atomic E-state index is -0.700. The Balaban J connectivity index is 1.78. The minimum Gasteiger partial charge on any atom is -0.456 e. The maximum atomic E-state index is 12.2. The number of thiophene rings is 1. The molecule has 0 bridgehead atoms. The van der Waals surface area contributed by atoms with E-state index in [9.17, 15) is 19.2 Å². The van der Waals surface area contributed by atoms with Crippen molar-refractivity contribution in [1.29, 1.82) is 0 Å². The van der Waals surface area contributed by atoms with E-state index in [0.29, 0.717) is 16.1 Å². The van der Waals surface area contributed by atoms with E-state index in [-0.39, 0.29) is 24.1 Å². The van der Waals surface area contributed by atoms with Crippen LogP contribution in [-0.2, 0) is 14.3 Å². The summed E-state index contributed by atoms with van der Waals surface area (Å²) < 4.78 is 4.92. The highest BCUT2D eigenvalue weighted by Crippen LogP contribution is 2.18. The molecule has 29 heavy (non-hydrogen) atoms. The maximum absolute atomic E-state index is 12.2. The van der Waals surface area contributed by atoms with Crippen LogP contribution in [0.2, 0.25) is 0 Å². The van der Waals surface area contributed by atoms with Gasteiger partial charge in [-0.3, -0.25) is 19.2 Å². The minimum absolute atomic E-state index is 0.134. The third-order valence-corrected chi connectivity index (χ3v) is 4.87. The van der Waals surface area contributed by atoms with Gasteiger partial charge in [-0.25, -0.2) is 0 Å². The SMILES string of the molecule is Cc1ccc(C(=O)NCC(=O)OCC(=O)c2ccc(NC(=O)C(C)(C)C)cc2)s1. The van der Waals surface area contributed by atoms with Gasteiger partial charge < -0.3 is 15.4 Å². The predicted octanol–water partition coefficient (Wildman–Crippen LogP) is 3.20. The number of carbonyl (C=O) groups excluding carboxylic acids is 4. The van der Waals surface area contributed by atoms with Crippen LogP contribution in [0.15, 0.2) is 36.4 Å². The standard InChI is InChI=1S/C21H24N2O5S/c1-13-5-10-17(29-13)19(26)22-11-18(25)28-12-16(24)14-6-8-15(9-7-14)23-20(27)21(2,3)4/h5-10H,11-12H2,1-4H3,(H,22,26)(H,23,27). The molecule has 0 aliphatic carbocycles. The third-order valence-electron chi connectivity index (χ3n) is 3.87. The lowest BCUT2D eigenvalue weighted by Gasteiger charge is -2.17. The molecule has 2 amide bonds. The molecular formula is C21H24N2O5S. The molecule has 8 heteroatoms. The molecule has 154 valence electrons. The highest BCUT2D eigenvalue weighted by atomic mass is 32.1. The van der Waals surface area contributed by atoms with Crippen molar-refractivity contribution >= 4 is 40.6 Å². The molecule has 0 radical (unpaired) electrons. The monoisotopic (exact) mass is 416 g/mol. The van der Waals surface area contributed by atoms with Crippen molar-refractivity contribution in [1.82, 2.24) is 5.32 Å². The number of Topliss-reactive ketones (excluding diaryl/α,β-unsaturated/α-hetero) is 1. The Kier molecular flexibility index (Phi) is 7.28. The van der Waals surface area contributed by atoms with Crippen LogP contribution in [0.4, 0.5) is 5.69 Å². The Hall–Kier alpha value is -3.00. The van der Waals surface area contributed by atoms with Crippen molar-refractivity contribution in [3.05, 3.63) is 51.7 Å². The number of amides is 2. The van der Waals surface area contributed by atoms with Gasteiger partial charge in [-0.1, -0.05) is 20.8 Å². The summed E-state index contributed by atoms with van der Waals surface area (Å²) in [7, 11) is 0. The average Bonchev–Trinajstić information content (AvgIpc) is 3.10. The van der Waals surface area contributed by atoms with Gasteiger partial charge in [0.1, 0.15) is 6.54 Å². The first kappa shape index (κ1) is 22.3. The number of carbonyl (C=O) groups is 4. The normalized spacial score (nSPS) is 10.9. The second kappa shape index (κ2) is 9.47. The molecular weight excluding hydrogens is 392 g/mol. The smallest absolute Gasteiger partial charge is 0.325 e. The zero-order valence-corrected chi connectivity index (χ0v) is 17.6. The molecule has 0 saturated carbocycles. The number of hydrogen-bond acceptors (Lipinski definition) is 6. The molecule has 2 N–H and O–H groups in total. The summed E-state index contributed by atoms with van der Waals surface area (Å²) in [4.78, 5) is 49.3. The van der Waals surface area contributed by atoms with Crippen molar-refractivity contribution < 1.29 is 23.9 Å². The molecule has 1 heterocycles. The summed E-state index contributed by atoms with van der Waals surface area (Å²) in [6, 6.07) is 9.82. The van der Waals surface area contributed by atoms with Gasteiger partial charge >= 0.3 is 5.97 Å². The first-order chi connectivity index (χ1) is 13.6. The lowest BCUT2D eigenvalue weighted by molar-refractivity contribution is -0.141. The second-order valence-electron chi connectivity index (χ2n) is 7.46. The Morgan fingerprint density at radius 3 is 2.21 bits per heavy atom. The maximum Gasteiger partial charge on any atom is 0.325 e. The molecule has 0 saturated heterocycles. The fourth-order valence-electron chi connectivity index (χ4n) is 2.13. The number of nitrogens with one attached hydrogen (secondary N) is 2. The number of rotatable bonds is 7. The van der Waals surface area contributed by atoms with Crippen LogP contribution < -0.4 is 10.6 Å². The van der Waals surface area contributed by atoms with Gasteiger partial charge in [0.15, 0.2) is 12.4 Å². The van der Waals surface area contributed by atoms with Crippen LogP contribution in [0.1, 0.15) is 45.7 Å². The number of ether oxygens (including phenoxy) is 1. The van der Waals surface area contributed by atoms with Crippen LogP contribution in [0, 0.1) is 12.3 Å². The molecule has 0 unspecified atom stereocenters. The lowest BCUT2D eigenvalue weighted by Crippen LogP contribution is -2.31. The number of esters is 1. The van der Waals surface area contributed by atoms with E-state index in [1.54, 1.807) is 51.1 Å². The van der Waals surface area contributed by atoms with Crippen molar-refractivity contribution in [2.75, 3.05) is 18.5 Å². The van der Waals surface area contributed by atoms with Crippen LogP contribution in [0.5, 0.6) is 0 Å². The highest BCUT2D eigenvalue weighted by molar-refractivity contribution is 7.13. The summed E-state index contributed by atoms with van der Waals surface area (Å²) >= 11 is 1.32. The number of aryl methyl sites for hydroxylation is 1. The Morgan fingerprint density at radius 1 is 1.00 bits per heavy atom. The van der Waals surface area contributed by atoms with Gasteiger partial charge in [-0.15, -0.1) is 11.3 Å². The van der Waals surface area contributed by atoms with Crippen molar-refractivity contribution in [3.8, 4) is 0 Å². The molecule has 2 rings (SSSR count). The van der Waals surface area contributed by atoms with Crippen LogP contribution in [0.3, 0.4) is 0 Å². The zero-order valence-electron chi connectivity index (χ0n) is 16.8. The number of anilines is 1. The quantitative estimate of drug-likeness (QED) is 0.533. The summed E-state index contributed by atoms with van der Waals surface area (Å²) in [5, 5.41) is 5.22. The molecule has 7 nitrogen and oxygen atoms in total. The van der Waals surface area contributed by atoms with Gasteiger partial charge in [-0.05, 0) is 43.3 Å². The Bertz CT molecular complexity index is 910. The molecule has 0 aliphatic heterocycles. The number of benzene rings is 1. The molecule has 1 aromatic carbocycles. The summed E-state index contributed by atoms with van der Waals surface area (Å²) in [5.41, 5.74) is 0.398. The van der Waals surface area contributed by atoms with Crippen molar-refractivity contribution in [2.24, 2.45) is 5.41 Å². The van der Waals surface area contributed by atoms with Gasteiger partial charge in [0.2, 0.25) is 5.91 Å². The van der Waals surface area contributed by atoms with Gasteiger partial charge in [0, 0.05) is 21.5 Å². The zero-order chi connectivity index (χ0) is 21.6. The van der Waals surface area contributed by atoms with Crippen molar-refractivity contribution in [3.63, 3.8) is 0 Å². The molecule has 0 fully saturated rings. The average molecular weight is 416 g/mol. The van der Waals surface area contributed by atoms with Crippen molar-refractivity contribution in [2.45, 2.75) is 27.7 Å². The van der Waals surface area contributed by atoms with Crippen LogP contribution in [-0.4, -0.2) is 36.7 Å². The Labute approximate surface area is 173 Å². The first-order valence-corrected chi connectivity index (χ1v) is 9.83. The van der Waals surface area contributed by atoms with Gasteiger partial charge in [0.25, 0.3) is 5.91 Å². The van der Waals surface area contributed by atoms with E-state index in [2.05, 4.69) is 10.6 Å². The predicted molar refractivity (Wildman–Crippen MR) is 111 cm³/mol. The molecule has 0 atom stereocenters. The Morgan fingerprint density at radius 2 is 1.66 bits per heavy atom. The number of hydrogen-bond donors (Lipinski definition) is 2. The first-order valence-electron chi connectivity index (χ1n) is 9.01. The molecule has 2 aromatic rings. The van der Waals surface area contributed by atoms with E-state index in [0.717, 1.165) is 4.88 Å². The second-order valence-corrected chi connectivity index (χ2v) is 8.75. The fourth-order valence-corrected chi connectivity index (χ4v) is 2.92.